The minimum atomic E-state index is -1.14. The fourth-order valence-corrected chi connectivity index (χ4v) is 3.38. The van der Waals surface area contributed by atoms with Crippen LogP contribution in [-0.4, -0.2) is 44.2 Å². The van der Waals surface area contributed by atoms with Gasteiger partial charge in [0.2, 0.25) is 0 Å². The Morgan fingerprint density at radius 2 is 2.22 bits per heavy atom. The third-order valence-corrected chi connectivity index (χ3v) is 4.33. The smallest absolute Gasteiger partial charge is 0.330 e. The SMILES string of the molecule is Cc1n[nH]c(C)c1C(=O)NC1(C(=O)O)CCSC1. The van der Waals surface area contributed by atoms with Crippen LogP contribution in [0.3, 0.4) is 0 Å². The van der Waals surface area contributed by atoms with Gasteiger partial charge in [0.1, 0.15) is 5.54 Å². The number of carboxylic acids is 1. The highest BCUT2D eigenvalue weighted by atomic mass is 32.2. The molecule has 0 spiro atoms. The van der Waals surface area contributed by atoms with Crippen LogP contribution in [0.15, 0.2) is 0 Å². The maximum absolute atomic E-state index is 12.2. The topological polar surface area (TPSA) is 95.1 Å². The number of hydrogen-bond donors (Lipinski definition) is 3. The summed E-state index contributed by atoms with van der Waals surface area (Å²) in [5.41, 5.74) is 0.526. The molecule has 0 saturated carbocycles. The van der Waals surface area contributed by atoms with E-state index in [1.807, 2.05) is 0 Å². The number of aromatic amines is 1. The molecule has 1 amide bonds. The predicted molar refractivity (Wildman–Crippen MR) is 67.8 cm³/mol. The van der Waals surface area contributed by atoms with Gasteiger partial charge in [0.05, 0.1) is 11.3 Å². The number of hydrogen-bond acceptors (Lipinski definition) is 4. The van der Waals surface area contributed by atoms with Gasteiger partial charge < -0.3 is 10.4 Å². The summed E-state index contributed by atoms with van der Waals surface area (Å²) in [6.07, 6.45) is 0.453. The summed E-state index contributed by atoms with van der Waals surface area (Å²) in [5.74, 6) is -0.191. The van der Waals surface area contributed by atoms with Crippen molar-refractivity contribution < 1.29 is 14.7 Å². The van der Waals surface area contributed by atoms with Crippen LogP contribution in [0, 0.1) is 13.8 Å². The van der Waals surface area contributed by atoms with Crippen molar-refractivity contribution in [2.75, 3.05) is 11.5 Å². The first-order chi connectivity index (χ1) is 8.46. The molecule has 0 radical (unpaired) electrons. The van der Waals surface area contributed by atoms with E-state index in [-0.39, 0.29) is 5.91 Å². The number of thioether (sulfide) groups is 1. The first-order valence-corrected chi connectivity index (χ1v) is 6.77. The fourth-order valence-electron chi connectivity index (χ4n) is 2.05. The van der Waals surface area contributed by atoms with Gasteiger partial charge in [-0.05, 0) is 26.0 Å². The molecular formula is C11H15N3O3S. The van der Waals surface area contributed by atoms with E-state index >= 15 is 0 Å². The Morgan fingerprint density at radius 1 is 1.50 bits per heavy atom. The summed E-state index contributed by atoms with van der Waals surface area (Å²) in [7, 11) is 0. The maximum atomic E-state index is 12.2. The number of nitrogens with one attached hydrogen (secondary N) is 2. The van der Waals surface area contributed by atoms with Crippen LogP contribution in [0.2, 0.25) is 0 Å². The normalized spacial score (nSPS) is 23.0. The average molecular weight is 269 g/mol. The number of carbonyl (C=O) groups is 2. The van der Waals surface area contributed by atoms with E-state index in [4.69, 9.17) is 0 Å². The number of carbonyl (C=O) groups excluding carboxylic acids is 1. The average Bonchev–Trinajstić information content (AvgIpc) is 2.87. The number of amides is 1. The van der Waals surface area contributed by atoms with Crippen molar-refractivity contribution in [2.24, 2.45) is 0 Å². The molecule has 1 aromatic heterocycles. The van der Waals surface area contributed by atoms with Gasteiger partial charge in [-0.1, -0.05) is 0 Å². The van der Waals surface area contributed by atoms with E-state index in [1.54, 1.807) is 13.8 Å². The molecule has 18 heavy (non-hydrogen) atoms. The lowest BCUT2D eigenvalue weighted by Gasteiger charge is -2.24. The van der Waals surface area contributed by atoms with Gasteiger partial charge >= 0.3 is 5.97 Å². The van der Waals surface area contributed by atoms with Crippen LogP contribution >= 0.6 is 11.8 Å². The first-order valence-electron chi connectivity index (χ1n) is 5.61. The molecule has 7 heteroatoms. The van der Waals surface area contributed by atoms with Gasteiger partial charge in [-0.2, -0.15) is 16.9 Å². The molecule has 0 bridgehead atoms. The molecule has 1 atom stereocenters. The largest absolute Gasteiger partial charge is 0.479 e. The van der Waals surface area contributed by atoms with Gasteiger partial charge in [-0.25, -0.2) is 4.79 Å². The zero-order chi connectivity index (χ0) is 13.3. The highest BCUT2D eigenvalue weighted by Gasteiger charge is 2.43. The molecule has 1 fully saturated rings. The Balaban J connectivity index is 2.23. The molecule has 1 aromatic rings. The van der Waals surface area contributed by atoms with Crippen molar-refractivity contribution >= 4 is 23.6 Å². The zero-order valence-electron chi connectivity index (χ0n) is 10.2. The number of aromatic nitrogens is 2. The molecule has 1 aliphatic heterocycles. The van der Waals surface area contributed by atoms with Crippen molar-refractivity contribution in [3.8, 4) is 0 Å². The standard InChI is InChI=1S/C11H15N3O3S/c1-6-8(7(2)14-13-6)9(15)12-11(10(16)17)3-4-18-5-11/h3-5H2,1-2H3,(H,12,15)(H,13,14)(H,16,17). The van der Waals surface area contributed by atoms with Crippen LogP contribution < -0.4 is 5.32 Å². The number of nitrogens with zero attached hydrogens (tertiary/aromatic N) is 1. The highest BCUT2D eigenvalue weighted by molar-refractivity contribution is 7.99. The van der Waals surface area contributed by atoms with Crippen LogP contribution in [0.1, 0.15) is 28.2 Å². The number of rotatable bonds is 3. The number of carboxylic acid groups (broad SMARTS) is 1. The predicted octanol–water partition coefficient (Wildman–Crippen LogP) is 0.717. The molecular weight excluding hydrogens is 254 g/mol. The van der Waals surface area contributed by atoms with E-state index in [0.717, 1.165) is 5.75 Å². The summed E-state index contributed by atoms with van der Waals surface area (Å²) in [4.78, 5) is 23.5. The van der Waals surface area contributed by atoms with Gasteiger partial charge in [0.15, 0.2) is 0 Å². The van der Waals surface area contributed by atoms with Crippen molar-refractivity contribution in [2.45, 2.75) is 25.8 Å². The van der Waals surface area contributed by atoms with Gasteiger partial charge in [0, 0.05) is 11.4 Å². The summed E-state index contributed by atoms with van der Waals surface area (Å²) in [6.45, 7) is 3.46. The van der Waals surface area contributed by atoms with E-state index in [9.17, 15) is 14.7 Å². The van der Waals surface area contributed by atoms with Crippen LogP contribution in [0.4, 0.5) is 0 Å². The second-order valence-corrected chi connectivity index (χ2v) is 5.56. The lowest BCUT2D eigenvalue weighted by atomic mass is 9.98. The Morgan fingerprint density at radius 3 is 2.67 bits per heavy atom. The van der Waals surface area contributed by atoms with Crippen LogP contribution in [0.5, 0.6) is 0 Å². The van der Waals surface area contributed by atoms with E-state index < -0.39 is 11.5 Å². The number of aryl methyl sites for hydroxylation is 2. The summed E-state index contributed by atoms with van der Waals surface area (Å²) >= 11 is 1.54. The summed E-state index contributed by atoms with van der Waals surface area (Å²) in [6, 6.07) is 0. The van der Waals surface area contributed by atoms with E-state index in [1.165, 1.54) is 11.8 Å². The fraction of sp³-hybridized carbons (Fsp3) is 0.545. The lowest BCUT2D eigenvalue weighted by molar-refractivity contribution is -0.143. The molecule has 1 unspecified atom stereocenters. The molecule has 6 nitrogen and oxygen atoms in total. The van der Waals surface area contributed by atoms with Crippen molar-refractivity contribution in [1.29, 1.82) is 0 Å². The molecule has 0 aromatic carbocycles. The Labute approximate surface area is 109 Å². The van der Waals surface area contributed by atoms with E-state index in [2.05, 4.69) is 15.5 Å². The van der Waals surface area contributed by atoms with Gasteiger partial charge in [-0.3, -0.25) is 9.89 Å². The molecule has 0 aliphatic carbocycles. The first kappa shape index (κ1) is 12.9. The minimum absolute atomic E-state index is 0.372. The summed E-state index contributed by atoms with van der Waals surface area (Å²) < 4.78 is 0. The third kappa shape index (κ3) is 2.10. The third-order valence-electron chi connectivity index (χ3n) is 3.14. The highest BCUT2D eigenvalue weighted by Crippen LogP contribution is 2.29. The second-order valence-electron chi connectivity index (χ2n) is 4.45. The minimum Gasteiger partial charge on any atom is -0.479 e. The van der Waals surface area contributed by atoms with E-state index in [0.29, 0.717) is 29.1 Å². The Hall–Kier alpha value is -1.50. The molecule has 2 rings (SSSR count). The monoisotopic (exact) mass is 269 g/mol. The Bertz CT molecular complexity index is 472. The summed E-state index contributed by atoms with van der Waals surface area (Å²) in [5, 5.41) is 18.6. The van der Waals surface area contributed by atoms with Crippen molar-refractivity contribution in [3.05, 3.63) is 17.0 Å². The molecule has 1 saturated heterocycles. The maximum Gasteiger partial charge on any atom is 0.330 e. The molecule has 98 valence electrons. The zero-order valence-corrected chi connectivity index (χ0v) is 11.1. The number of aliphatic carboxylic acids is 1. The molecule has 3 N–H and O–H groups in total. The quantitative estimate of drug-likeness (QED) is 0.751. The van der Waals surface area contributed by atoms with Crippen molar-refractivity contribution in [1.82, 2.24) is 15.5 Å². The second kappa shape index (κ2) is 4.64. The van der Waals surface area contributed by atoms with Crippen molar-refractivity contribution in [3.63, 3.8) is 0 Å². The van der Waals surface area contributed by atoms with Crippen LogP contribution in [-0.2, 0) is 4.79 Å². The lowest BCUT2D eigenvalue weighted by Crippen LogP contribution is -2.54. The van der Waals surface area contributed by atoms with Crippen LogP contribution in [0.25, 0.3) is 0 Å². The molecule has 1 aliphatic rings. The van der Waals surface area contributed by atoms with Gasteiger partial charge in [-0.15, -0.1) is 0 Å². The Kier molecular flexibility index (Phi) is 3.34. The number of H-pyrrole nitrogens is 1. The van der Waals surface area contributed by atoms with Gasteiger partial charge in [0.25, 0.3) is 5.91 Å². The molecule has 2 heterocycles.